The molecule has 0 heterocycles. The first kappa shape index (κ1) is 19.5. The largest absolute Gasteiger partial charge is 0.416 e. The van der Waals surface area contributed by atoms with Crippen molar-refractivity contribution < 1.29 is 22.8 Å². The molecular formula is C19H19F3N2O2. The van der Waals surface area contributed by atoms with Crippen molar-refractivity contribution in [2.45, 2.75) is 32.5 Å². The highest BCUT2D eigenvalue weighted by atomic mass is 19.4. The van der Waals surface area contributed by atoms with Crippen LogP contribution in [0.5, 0.6) is 0 Å². The molecule has 0 aliphatic rings. The maximum Gasteiger partial charge on any atom is 0.416 e. The van der Waals surface area contributed by atoms with Crippen LogP contribution in [-0.4, -0.2) is 11.8 Å². The van der Waals surface area contributed by atoms with Crippen LogP contribution in [0.3, 0.4) is 0 Å². The van der Waals surface area contributed by atoms with Gasteiger partial charge in [0.05, 0.1) is 11.6 Å². The Bertz CT molecular complexity index is 786. The minimum absolute atomic E-state index is 0.0973. The molecular weight excluding hydrogens is 345 g/mol. The molecule has 0 aliphatic carbocycles. The normalized spacial score (nSPS) is 12.3. The van der Waals surface area contributed by atoms with Gasteiger partial charge in [0.2, 0.25) is 0 Å². The fourth-order valence-corrected chi connectivity index (χ4v) is 2.35. The molecule has 1 atom stereocenters. The molecule has 0 spiro atoms. The van der Waals surface area contributed by atoms with Gasteiger partial charge in [-0.05, 0) is 42.7 Å². The molecule has 26 heavy (non-hydrogen) atoms. The minimum Gasteiger partial charge on any atom is -0.341 e. The second kappa shape index (κ2) is 8.03. The molecule has 4 nitrogen and oxygen atoms in total. The van der Waals surface area contributed by atoms with Crippen LogP contribution in [0.1, 0.15) is 36.6 Å². The summed E-state index contributed by atoms with van der Waals surface area (Å²) in [5, 5.41) is 4.70. The van der Waals surface area contributed by atoms with Crippen molar-refractivity contribution in [2.75, 3.05) is 5.32 Å². The number of alkyl halides is 3. The number of nitrogens with one attached hydrogen (secondary N) is 2. The zero-order valence-corrected chi connectivity index (χ0v) is 14.4. The predicted octanol–water partition coefficient (Wildman–Crippen LogP) is 4.08. The Morgan fingerprint density at radius 3 is 2.27 bits per heavy atom. The maximum atomic E-state index is 12.7. The van der Waals surface area contributed by atoms with Gasteiger partial charge in [0.25, 0.3) is 0 Å². The SMILES string of the molecule is CCc1ccc(C(C)NC(=O)C(=O)Nc2cccc(C(F)(F)F)c2)cc1. The van der Waals surface area contributed by atoms with Crippen molar-refractivity contribution in [2.24, 2.45) is 0 Å². The van der Waals surface area contributed by atoms with E-state index in [9.17, 15) is 22.8 Å². The summed E-state index contributed by atoms with van der Waals surface area (Å²) in [7, 11) is 0. The molecule has 2 amide bonds. The first-order valence-corrected chi connectivity index (χ1v) is 8.08. The van der Waals surface area contributed by atoms with Gasteiger partial charge in [0.1, 0.15) is 0 Å². The van der Waals surface area contributed by atoms with Gasteiger partial charge in [0, 0.05) is 5.69 Å². The molecule has 0 bridgehead atoms. The van der Waals surface area contributed by atoms with E-state index in [-0.39, 0.29) is 5.69 Å². The van der Waals surface area contributed by atoms with Crippen LogP contribution in [0.25, 0.3) is 0 Å². The first-order valence-electron chi connectivity index (χ1n) is 8.08. The second-order valence-corrected chi connectivity index (χ2v) is 5.82. The Balaban J connectivity index is 2.00. The Kier molecular flexibility index (Phi) is 6.02. The minimum atomic E-state index is -4.53. The van der Waals surface area contributed by atoms with Crippen molar-refractivity contribution in [1.29, 1.82) is 0 Å². The molecule has 0 fully saturated rings. The summed E-state index contributed by atoms with van der Waals surface area (Å²) in [5.74, 6) is -1.95. The summed E-state index contributed by atoms with van der Waals surface area (Å²) in [4.78, 5) is 23.9. The number of hydrogen-bond acceptors (Lipinski definition) is 2. The van der Waals surface area contributed by atoms with Crippen molar-refractivity contribution in [1.82, 2.24) is 5.32 Å². The van der Waals surface area contributed by atoms with Gasteiger partial charge in [0.15, 0.2) is 0 Å². The third-order valence-electron chi connectivity index (χ3n) is 3.89. The summed E-state index contributed by atoms with van der Waals surface area (Å²) in [6.45, 7) is 3.74. The molecule has 2 aromatic carbocycles. The Morgan fingerprint density at radius 2 is 1.69 bits per heavy atom. The van der Waals surface area contributed by atoms with E-state index in [0.717, 1.165) is 35.7 Å². The van der Waals surface area contributed by atoms with Gasteiger partial charge < -0.3 is 10.6 Å². The van der Waals surface area contributed by atoms with Crippen molar-refractivity contribution in [3.63, 3.8) is 0 Å². The molecule has 0 aliphatic heterocycles. The molecule has 0 radical (unpaired) electrons. The Hall–Kier alpha value is -2.83. The predicted molar refractivity (Wildman–Crippen MR) is 92.5 cm³/mol. The van der Waals surface area contributed by atoms with Crippen LogP contribution in [0.15, 0.2) is 48.5 Å². The van der Waals surface area contributed by atoms with Gasteiger partial charge in [-0.2, -0.15) is 13.2 Å². The average molecular weight is 364 g/mol. The topological polar surface area (TPSA) is 58.2 Å². The molecule has 1 unspecified atom stereocenters. The first-order chi connectivity index (χ1) is 12.2. The highest BCUT2D eigenvalue weighted by molar-refractivity contribution is 6.39. The zero-order chi connectivity index (χ0) is 19.3. The second-order valence-electron chi connectivity index (χ2n) is 5.82. The summed E-state index contributed by atoms with van der Waals surface area (Å²) in [6.07, 6.45) is -3.64. The van der Waals surface area contributed by atoms with Crippen molar-refractivity contribution >= 4 is 17.5 Å². The monoisotopic (exact) mass is 364 g/mol. The van der Waals surface area contributed by atoms with E-state index in [1.54, 1.807) is 6.92 Å². The third kappa shape index (κ3) is 5.08. The third-order valence-corrected chi connectivity index (χ3v) is 3.89. The smallest absolute Gasteiger partial charge is 0.341 e. The number of aryl methyl sites for hydroxylation is 1. The molecule has 7 heteroatoms. The highest BCUT2D eigenvalue weighted by Crippen LogP contribution is 2.30. The van der Waals surface area contributed by atoms with Gasteiger partial charge in [-0.1, -0.05) is 37.3 Å². The van der Waals surface area contributed by atoms with Crippen LogP contribution >= 0.6 is 0 Å². The van der Waals surface area contributed by atoms with Gasteiger partial charge in [-0.25, -0.2) is 0 Å². The number of hydrogen-bond donors (Lipinski definition) is 2. The highest BCUT2D eigenvalue weighted by Gasteiger charge is 2.30. The summed E-state index contributed by atoms with van der Waals surface area (Å²) < 4.78 is 38.1. The van der Waals surface area contributed by atoms with E-state index < -0.39 is 29.6 Å². The van der Waals surface area contributed by atoms with Gasteiger partial charge in [-0.15, -0.1) is 0 Å². The Morgan fingerprint density at radius 1 is 1.04 bits per heavy atom. The lowest BCUT2D eigenvalue weighted by atomic mass is 10.1. The number of amides is 2. The van der Waals surface area contributed by atoms with E-state index in [2.05, 4.69) is 10.6 Å². The molecule has 0 saturated carbocycles. The van der Waals surface area contributed by atoms with Crippen molar-refractivity contribution in [3.05, 3.63) is 65.2 Å². The lowest BCUT2D eigenvalue weighted by Crippen LogP contribution is -2.36. The number of carbonyl (C=O) groups excluding carboxylic acids is 2. The lowest BCUT2D eigenvalue weighted by Gasteiger charge is -2.15. The standard InChI is InChI=1S/C19H19F3N2O2/c1-3-13-7-9-14(10-8-13)12(2)23-17(25)18(26)24-16-6-4-5-15(11-16)19(20,21)22/h4-12H,3H2,1-2H3,(H,23,25)(H,24,26). The summed E-state index contributed by atoms with van der Waals surface area (Å²) in [6, 6.07) is 11.3. The van der Waals surface area contributed by atoms with Crippen LogP contribution < -0.4 is 10.6 Å². The van der Waals surface area contributed by atoms with Crippen LogP contribution in [-0.2, 0) is 22.2 Å². The molecule has 138 valence electrons. The lowest BCUT2D eigenvalue weighted by molar-refractivity contribution is -0.137. The van der Waals surface area contributed by atoms with E-state index in [1.807, 2.05) is 31.2 Å². The zero-order valence-electron chi connectivity index (χ0n) is 14.4. The van der Waals surface area contributed by atoms with Crippen LogP contribution in [0.4, 0.5) is 18.9 Å². The fraction of sp³-hybridized carbons (Fsp3) is 0.263. The van der Waals surface area contributed by atoms with Crippen molar-refractivity contribution in [3.8, 4) is 0 Å². The summed E-state index contributed by atoms with van der Waals surface area (Å²) in [5.41, 5.74) is 0.969. The Labute approximate surface area is 149 Å². The van der Waals surface area contributed by atoms with Crippen LogP contribution in [0, 0.1) is 0 Å². The average Bonchev–Trinajstić information content (AvgIpc) is 2.61. The number of benzene rings is 2. The number of anilines is 1. The molecule has 0 aromatic heterocycles. The van der Waals surface area contributed by atoms with Gasteiger partial charge >= 0.3 is 18.0 Å². The molecule has 2 N–H and O–H groups in total. The van der Waals surface area contributed by atoms with E-state index in [4.69, 9.17) is 0 Å². The van der Waals surface area contributed by atoms with E-state index in [0.29, 0.717) is 0 Å². The quantitative estimate of drug-likeness (QED) is 0.803. The van der Waals surface area contributed by atoms with E-state index >= 15 is 0 Å². The number of carbonyl (C=O) groups is 2. The molecule has 0 saturated heterocycles. The maximum absolute atomic E-state index is 12.7. The van der Waals surface area contributed by atoms with E-state index in [1.165, 1.54) is 6.07 Å². The molecule has 2 rings (SSSR count). The van der Waals surface area contributed by atoms with Gasteiger partial charge in [-0.3, -0.25) is 9.59 Å². The summed E-state index contributed by atoms with van der Waals surface area (Å²) >= 11 is 0. The number of rotatable bonds is 4. The van der Waals surface area contributed by atoms with Crippen LogP contribution in [0.2, 0.25) is 0 Å². The fourth-order valence-electron chi connectivity index (χ4n) is 2.35. The number of halogens is 3. The molecule has 2 aromatic rings.